The van der Waals surface area contributed by atoms with E-state index in [0.29, 0.717) is 6.04 Å². The van der Waals surface area contributed by atoms with E-state index in [4.69, 9.17) is 5.84 Å². The smallest absolute Gasteiger partial charge is 0.184 e. The van der Waals surface area contributed by atoms with Crippen LogP contribution < -0.4 is 10.3 Å². The molecule has 0 aromatic heterocycles. The van der Waals surface area contributed by atoms with Gasteiger partial charge >= 0.3 is 0 Å². The third kappa shape index (κ3) is 1.66. The Balaban J connectivity index is 2.58. The minimum absolute atomic E-state index is 0.232. The van der Waals surface area contributed by atoms with Crippen molar-refractivity contribution in [2.45, 2.75) is 39.9 Å². The fourth-order valence-corrected chi connectivity index (χ4v) is 2.82. The highest BCUT2D eigenvalue weighted by Crippen LogP contribution is 2.37. The summed E-state index contributed by atoms with van der Waals surface area (Å²) in [7, 11) is 0. The van der Waals surface area contributed by atoms with Crippen LogP contribution in [-0.4, -0.2) is 17.2 Å². The first-order valence-corrected chi connectivity index (χ1v) is 6.17. The Hall–Kier alpha value is -1.32. The van der Waals surface area contributed by atoms with Crippen LogP contribution in [0.5, 0.6) is 0 Å². The molecule has 3 nitrogen and oxygen atoms in total. The summed E-state index contributed by atoms with van der Waals surface area (Å²) < 4.78 is 0.795. The third-order valence-corrected chi connectivity index (χ3v) is 3.92. The van der Waals surface area contributed by atoms with E-state index < -0.39 is 0 Å². The van der Waals surface area contributed by atoms with Crippen LogP contribution in [0, 0.1) is 6.92 Å². The first kappa shape index (κ1) is 12.1. The van der Waals surface area contributed by atoms with Crippen LogP contribution in [0.4, 0.5) is 5.69 Å². The molecule has 92 valence electrons. The first-order chi connectivity index (χ1) is 8.00. The number of hydrogen-bond acceptors (Lipinski definition) is 2. The zero-order valence-electron chi connectivity index (χ0n) is 11.1. The largest absolute Gasteiger partial charge is 0.260 e. The summed E-state index contributed by atoms with van der Waals surface area (Å²) in [4.78, 5) is 0. The number of benzene rings is 1. The van der Waals surface area contributed by atoms with Crippen molar-refractivity contribution >= 4 is 5.69 Å². The molecule has 2 N–H and O–H groups in total. The predicted octanol–water partition coefficient (Wildman–Crippen LogP) is 2.72. The van der Waals surface area contributed by atoms with E-state index in [9.17, 15) is 0 Å². The topological polar surface area (TPSA) is 29.3 Å². The monoisotopic (exact) mass is 232 g/mol. The quantitative estimate of drug-likeness (QED) is 0.627. The molecule has 0 saturated carbocycles. The summed E-state index contributed by atoms with van der Waals surface area (Å²) in [5.41, 5.74) is 2.65. The molecule has 0 spiro atoms. The number of hydrazine groups is 1. The second-order valence-corrected chi connectivity index (χ2v) is 5.09. The molecule has 0 saturated heterocycles. The predicted molar refractivity (Wildman–Crippen MR) is 72.7 cm³/mol. The molecule has 1 aromatic rings. The van der Waals surface area contributed by atoms with Crippen molar-refractivity contribution in [1.29, 1.82) is 0 Å². The summed E-state index contributed by atoms with van der Waals surface area (Å²) in [6, 6.07) is 9.01. The molecule has 0 radical (unpaired) electrons. The molecule has 0 fully saturated rings. The number of nitrogens with zero attached hydrogens (tertiary/aromatic N) is 2. The lowest BCUT2D eigenvalue weighted by Crippen LogP contribution is -2.59. The van der Waals surface area contributed by atoms with Gasteiger partial charge in [0, 0.05) is 12.5 Å². The van der Waals surface area contributed by atoms with Crippen molar-refractivity contribution < 1.29 is 0 Å². The zero-order chi connectivity index (χ0) is 12.6. The molecule has 2 unspecified atom stereocenters. The van der Waals surface area contributed by atoms with Crippen molar-refractivity contribution in [1.82, 2.24) is 9.49 Å². The van der Waals surface area contributed by atoms with Gasteiger partial charge in [-0.15, -0.1) is 0 Å². The van der Waals surface area contributed by atoms with Crippen molar-refractivity contribution in [2.24, 2.45) is 5.84 Å². The van der Waals surface area contributed by atoms with E-state index in [-0.39, 0.29) is 6.17 Å². The molecule has 1 aromatic carbocycles. The van der Waals surface area contributed by atoms with Gasteiger partial charge in [-0.3, -0.25) is 5.01 Å². The molecule has 0 bridgehead atoms. The Morgan fingerprint density at radius 2 is 1.94 bits per heavy atom. The Labute approximate surface area is 104 Å². The van der Waals surface area contributed by atoms with Gasteiger partial charge in [-0.05, 0) is 26.8 Å². The fourth-order valence-electron chi connectivity index (χ4n) is 2.82. The van der Waals surface area contributed by atoms with Gasteiger partial charge in [-0.25, -0.2) is 10.3 Å². The van der Waals surface area contributed by atoms with Crippen LogP contribution in [0.3, 0.4) is 0 Å². The van der Waals surface area contributed by atoms with Crippen LogP contribution in [0.15, 0.2) is 36.7 Å². The molecule has 17 heavy (non-hydrogen) atoms. The molecule has 1 aliphatic rings. The highest BCUT2D eigenvalue weighted by atomic mass is 15.6. The van der Waals surface area contributed by atoms with Crippen LogP contribution in [0.1, 0.15) is 26.3 Å². The summed E-state index contributed by atoms with van der Waals surface area (Å²) in [6.07, 6.45) is 4.42. The molecule has 2 atom stereocenters. The summed E-state index contributed by atoms with van der Waals surface area (Å²) in [5, 5.41) is 1.80. The molecular formula is C14H22N3+. The van der Waals surface area contributed by atoms with Gasteiger partial charge in [0.2, 0.25) is 0 Å². The molecule has 1 aliphatic heterocycles. The summed E-state index contributed by atoms with van der Waals surface area (Å²) in [5.74, 6) is 6.01. The SMILES string of the molecule is Cc1ccccc1[N+]1(C(C)C)C=CN(N)C1C. The van der Waals surface area contributed by atoms with Crippen LogP contribution in [0.25, 0.3) is 0 Å². The second-order valence-electron chi connectivity index (χ2n) is 5.09. The molecular weight excluding hydrogens is 210 g/mol. The van der Waals surface area contributed by atoms with Crippen LogP contribution in [-0.2, 0) is 0 Å². The lowest BCUT2D eigenvalue weighted by Gasteiger charge is -2.41. The molecule has 0 aliphatic carbocycles. The normalized spacial score (nSPS) is 28.1. The van der Waals surface area contributed by atoms with Gasteiger partial charge in [0.15, 0.2) is 6.17 Å². The van der Waals surface area contributed by atoms with Crippen molar-refractivity contribution in [3.05, 3.63) is 42.2 Å². The molecule has 2 rings (SSSR count). The van der Waals surface area contributed by atoms with E-state index >= 15 is 0 Å². The fraction of sp³-hybridized carbons (Fsp3) is 0.429. The van der Waals surface area contributed by atoms with Gasteiger partial charge in [0.05, 0.1) is 12.2 Å². The lowest BCUT2D eigenvalue weighted by atomic mass is 10.1. The average molecular weight is 232 g/mol. The summed E-state index contributed by atoms with van der Waals surface area (Å²) >= 11 is 0. The highest BCUT2D eigenvalue weighted by Gasteiger charge is 2.44. The van der Waals surface area contributed by atoms with E-state index in [1.807, 2.05) is 6.20 Å². The van der Waals surface area contributed by atoms with Gasteiger partial charge in [0.1, 0.15) is 11.9 Å². The van der Waals surface area contributed by atoms with Gasteiger partial charge in [-0.1, -0.05) is 18.2 Å². The number of para-hydroxylation sites is 1. The molecule has 1 heterocycles. The van der Waals surface area contributed by atoms with E-state index in [1.165, 1.54) is 11.3 Å². The maximum absolute atomic E-state index is 6.01. The number of quaternary nitrogens is 1. The van der Waals surface area contributed by atoms with Crippen LogP contribution >= 0.6 is 0 Å². The van der Waals surface area contributed by atoms with Gasteiger partial charge < -0.3 is 0 Å². The van der Waals surface area contributed by atoms with Crippen molar-refractivity contribution in [3.63, 3.8) is 0 Å². The highest BCUT2D eigenvalue weighted by molar-refractivity contribution is 5.53. The van der Waals surface area contributed by atoms with Crippen molar-refractivity contribution in [3.8, 4) is 0 Å². The maximum atomic E-state index is 6.01. The standard InChI is InChI=1S/C14H22N3/c1-11(2)17(10-9-16(15)13(17)4)14-8-6-5-7-12(14)3/h5-11,13H,15H2,1-4H3/q+1. The van der Waals surface area contributed by atoms with Crippen LogP contribution in [0.2, 0.25) is 0 Å². The molecule has 0 amide bonds. The minimum atomic E-state index is 0.232. The number of hydrogen-bond donors (Lipinski definition) is 1. The number of aryl methyl sites for hydroxylation is 1. The Kier molecular flexibility index (Phi) is 2.98. The first-order valence-electron chi connectivity index (χ1n) is 6.17. The van der Waals surface area contributed by atoms with E-state index in [0.717, 1.165) is 4.48 Å². The van der Waals surface area contributed by atoms with Gasteiger partial charge in [-0.2, -0.15) is 0 Å². The zero-order valence-corrected chi connectivity index (χ0v) is 11.1. The van der Waals surface area contributed by atoms with E-state index in [2.05, 4.69) is 58.2 Å². The Bertz CT molecular complexity index is 439. The number of nitrogens with two attached hydrogens (primary N) is 1. The Morgan fingerprint density at radius 3 is 2.41 bits per heavy atom. The lowest BCUT2D eigenvalue weighted by molar-refractivity contribution is 0.146. The van der Waals surface area contributed by atoms with E-state index in [1.54, 1.807) is 5.01 Å². The van der Waals surface area contributed by atoms with Crippen molar-refractivity contribution in [2.75, 3.05) is 0 Å². The second kappa shape index (κ2) is 4.17. The Morgan fingerprint density at radius 1 is 1.29 bits per heavy atom. The third-order valence-electron chi connectivity index (χ3n) is 3.92. The van der Waals surface area contributed by atoms with Gasteiger partial charge in [0.25, 0.3) is 0 Å². The number of rotatable bonds is 2. The molecule has 3 heteroatoms. The maximum Gasteiger partial charge on any atom is 0.184 e. The average Bonchev–Trinajstić information content (AvgIpc) is 2.58. The summed E-state index contributed by atoms with van der Waals surface area (Å²) in [6.45, 7) is 8.82. The minimum Gasteiger partial charge on any atom is -0.260 e.